The van der Waals surface area contributed by atoms with Crippen molar-refractivity contribution in [2.45, 2.75) is 32.1 Å². The lowest BCUT2D eigenvalue weighted by Crippen LogP contribution is -2.22. The number of thiazole rings is 1. The lowest BCUT2D eigenvalue weighted by atomic mass is 9.85. The summed E-state index contributed by atoms with van der Waals surface area (Å²) < 4.78 is 1.19. The molecule has 2 nitrogen and oxygen atoms in total. The van der Waals surface area contributed by atoms with Crippen molar-refractivity contribution >= 4 is 27.3 Å². The van der Waals surface area contributed by atoms with Crippen LogP contribution in [0.1, 0.15) is 30.7 Å². The fourth-order valence-corrected chi connectivity index (χ4v) is 4.89. The lowest BCUT2D eigenvalue weighted by molar-refractivity contribution is -0.123. The minimum Gasteiger partial charge on any atom is -0.299 e. The molecule has 0 amide bonds. The second-order valence-electron chi connectivity index (χ2n) is 6.00. The van der Waals surface area contributed by atoms with Gasteiger partial charge in [-0.1, -0.05) is 18.6 Å². The summed E-state index contributed by atoms with van der Waals surface area (Å²) in [6, 6.07) is 8.14. The molecule has 2 fully saturated rings. The number of nitrogens with zero attached hydrogens (tertiary/aromatic N) is 1. The Morgan fingerprint density at radius 3 is 2.89 bits per heavy atom. The standard InChI is InChI=1S/C16H17NOS/c18-14(12-8-10-5-6-11(12)7-10)9-16-17-13-3-1-2-4-15(13)19-16/h1-4,10-12H,5-9H2. The Kier molecular flexibility index (Phi) is 2.69. The summed E-state index contributed by atoms with van der Waals surface area (Å²) in [5, 5.41) is 0.994. The number of hydrogen-bond donors (Lipinski definition) is 0. The van der Waals surface area contributed by atoms with E-state index in [2.05, 4.69) is 11.1 Å². The molecule has 1 aromatic carbocycles. The van der Waals surface area contributed by atoms with Crippen molar-refractivity contribution < 1.29 is 4.79 Å². The fourth-order valence-electron chi connectivity index (χ4n) is 3.91. The van der Waals surface area contributed by atoms with Gasteiger partial charge < -0.3 is 0 Å². The van der Waals surface area contributed by atoms with Gasteiger partial charge in [0, 0.05) is 5.92 Å². The molecule has 3 unspecified atom stereocenters. The van der Waals surface area contributed by atoms with Crippen LogP contribution in [0.4, 0.5) is 0 Å². The van der Waals surface area contributed by atoms with Crippen molar-refractivity contribution in [3.05, 3.63) is 29.3 Å². The van der Waals surface area contributed by atoms with E-state index in [0.717, 1.165) is 22.9 Å². The van der Waals surface area contributed by atoms with E-state index in [1.165, 1.54) is 24.0 Å². The van der Waals surface area contributed by atoms with E-state index in [1.54, 1.807) is 11.3 Å². The summed E-state index contributed by atoms with van der Waals surface area (Å²) in [6.45, 7) is 0. The molecule has 0 saturated heterocycles. The molecular weight excluding hydrogens is 254 g/mol. The topological polar surface area (TPSA) is 30.0 Å². The molecule has 4 rings (SSSR count). The normalized spacial score (nSPS) is 29.2. The number of benzene rings is 1. The van der Waals surface area contributed by atoms with Gasteiger partial charge in [-0.05, 0) is 43.2 Å². The Hall–Kier alpha value is -1.22. The maximum Gasteiger partial charge on any atom is 0.143 e. The summed E-state index contributed by atoms with van der Waals surface area (Å²) in [6.07, 6.45) is 5.63. The Labute approximate surface area is 116 Å². The molecule has 2 aliphatic rings. The number of carbonyl (C=O) groups excluding carboxylic acids is 1. The molecule has 3 heteroatoms. The van der Waals surface area contributed by atoms with Crippen LogP contribution in [0.15, 0.2) is 24.3 Å². The number of carbonyl (C=O) groups is 1. The van der Waals surface area contributed by atoms with Crippen molar-refractivity contribution in [3.63, 3.8) is 0 Å². The van der Waals surface area contributed by atoms with Crippen LogP contribution in [-0.2, 0) is 11.2 Å². The second kappa shape index (κ2) is 4.41. The van der Waals surface area contributed by atoms with Crippen molar-refractivity contribution in [1.29, 1.82) is 0 Å². The minimum atomic E-state index is 0.339. The van der Waals surface area contributed by atoms with Crippen molar-refractivity contribution in [1.82, 2.24) is 4.98 Å². The van der Waals surface area contributed by atoms with Crippen LogP contribution in [0.2, 0.25) is 0 Å². The van der Waals surface area contributed by atoms with Gasteiger partial charge >= 0.3 is 0 Å². The van der Waals surface area contributed by atoms with Crippen LogP contribution in [0.3, 0.4) is 0 Å². The first kappa shape index (κ1) is 11.6. The quantitative estimate of drug-likeness (QED) is 0.849. The number of hydrogen-bond acceptors (Lipinski definition) is 3. The van der Waals surface area contributed by atoms with Gasteiger partial charge in [0.05, 0.1) is 16.6 Å². The third-order valence-corrected chi connectivity index (χ3v) is 5.85. The van der Waals surface area contributed by atoms with Crippen LogP contribution in [0.25, 0.3) is 10.2 Å². The Bertz CT molecular complexity index is 599. The highest BCUT2D eigenvalue weighted by atomic mass is 32.1. The molecule has 19 heavy (non-hydrogen) atoms. The van der Waals surface area contributed by atoms with Crippen LogP contribution in [0, 0.1) is 17.8 Å². The zero-order valence-electron chi connectivity index (χ0n) is 10.8. The first-order valence-electron chi connectivity index (χ1n) is 7.17. The summed E-state index contributed by atoms with van der Waals surface area (Å²) in [5.74, 6) is 2.30. The minimum absolute atomic E-state index is 0.339. The molecule has 2 bridgehead atoms. The predicted molar refractivity (Wildman–Crippen MR) is 77.3 cm³/mol. The highest BCUT2D eigenvalue weighted by Crippen LogP contribution is 2.48. The first-order valence-corrected chi connectivity index (χ1v) is 7.98. The van der Waals surface area contributed by atoms with E-state index < -0.39 is 0 Å². The van der Waals surface area contributed by atoms with Gasteiger partial charge in [0.15, 0.2) is 0 Å². The molecule has 2 saturated carbocycles. The van der Waals surface area contributed by atoms with E-state index in [1.807, 2.05) is 18.2 Å². The van der Waals surface area contributed by atoms with E-state index in [9.17, 15) is 4.79 Å². The zero-order chi connectivity index (χ0) is 12.8. The third-order valence-electron chi connectivity index (χ3n) is 4.82. The SMILES string of the molecule is O=C(Cc1nc2ccccc2s1)C1CC2CCC1C2. The largest absolute Gasteiger partial charge is 0.299 e. The van der Waals surface area contributed by atoms with E-state index in [4.69, 9.17) is 0 Å². The Morgan fingerprint density at radius 2 is 2.16 bits per heavy atom. The molecular formula is C16H17NOS. The smallest absolute Gasteiger partial charge is 0.143 e. The van der Waals surface area contributed by atoms with Crippen molar-refractivity contribution in [2.75, 3.05) is 0 Å². The Morgan fingerprint density at radius 1 is 1.26 bits per heavy atom. The molecule has 0 radical (unpaired) electrons. The number of Topliss-reactive ketones (excluding diaryl/α,β-unsaturated/α-hetero) is 1. The monoisotopic (exact) mass is 271 g/mol. The third kappa shape index (κ3) is 2.00. The van der Waals surface area contributed by atoms with Crippen molar-refractivity contribution in [3.8, 4) is 0 Å². The van der Waals surface area contributed by atoms with Crippen molar-refractivity contribution in [2.24, 2.45) is 17.8 Å². The van der Waals surface area contributed by atoms with Gasteiger partial charge in [0.1, 0.15) is 10.8 Å². The first-order chi connectivity index (χ1) is 9.29. The molecule has 0 N–H and O–H groups in total. The average Bonchev–Trinajstić information content (AvgIpc) is 3.12. The number of aromatic nitrogens is 1. The van der Waals surface area contributed by atoms with Crippen LogP contribution >= 0.6 is 11.3 Å². The maximum absolute atomic E-state index is 12.4. The highest BCUT2D eigenvalue weighted by Gasteiger charge is 2.42. The van der Waals surface area contributed by atoms with Crippen LogP contribution in [0.5, 0.6) is 0 Å². The van der Waals surface area contributed by atoms with Crippen LogP contribution in [-0.4, -0.2) is 10.8 Å². The zero-order valence-corrected chi connectivity index (χ0v) is 11.7. The Balaban J connectivity index is 1.53. The molecule has 3 atom stereocenters. The van der Waals surface area contributed by atoms with Gasteiger partial charge in [-0.15, -0.1) is 11.3 Å². The predicted octanol–water partition coefficient (Wildman–Crippen LogP) is 3.84. The fraction of sp³-hybridized carbons (Fsp3) is 0.500. The molecule has 1 heterocycles. The molecule has 1 aromatic heterocycles. The highest BCUT2D eigenvalue weighted by molar-refractivity contribution is 7.18. The van der Waals surface area contributed by atoms with Crippen LogP contribution < -0.4 is 0 Å². The number of fused-ring (bicyclic) bond motifs is 3. The van der Waals surface area contributed by atoms with E-state index in [0.29, 0.717) is 24.0 Å². The van der Waals surface area contributed by atoms with Gasteiger partial charge in [-0.3, -0.25) is 4.79 Å². The molecule has 98 valence electrons. The number of ketones is 1. The van der Waals surface area contributed by atoms with E-state index >= 15 is 0 Å². The molecule has 2 aliphatic carbocycles. The average molecular weight is 271 g/mol. The molecule has 0 spiro atoms. The summed E-state index contributed by atoms with van der Waals surface area (Å²) in [7, 11) is 0. The molecule has 0 aliphatic heterocycles. The second-order valence-corrected chi connectivity index (χ2v) is 7.11. The van der Waals surface area contributed by atoms with E-state index in [-0.39, 0.29) is 0 Å². The van der Waals surface area contributed by atoms with Gasteiger partial charge in [0.25, 0.3) is 0 Å². The summed E-state index contributed by atoms with van der Waals surface area (Å²) >= 11 is 1.67. The number of para-hydroxylation sites is 1. The maximum atomic E-state index is 12.4. The number of rotatable bonds is 3. The molecule has 2 aromatic rings. The van der Waals surface area contributed by atoms with Gasteiger partial charge in [-0.25, -0.2) is 4.98 Å². The van der Waals surface area contributed by atoms with Gasteiger partial charge in [0.2, 0.25) is 0 Å². The summed E-state index contributed by atoms with van der Waals surface area (Å²) in [5.41, 5.74) is 1.03. The lowest BCUT2D eigenvalue weighted by Gasteiger charge is -2.19. The summed E-state index contributed by atoms with van der Waals surface area (Å²) in [4.78, 5) is 17.0. The van der Waals surface area contributed by atoms with Gasteiger partial charge in [-0.2, -0.15) is 0 Å².